The lowest BCUT2D eigenvalue weighted by Crippen LogP contribution is -2.43. The molecule has 3 atom stereocenters. The van der Waals surface area contributed by atoms with E-state index in [1.807, 2.05) is 18.2 Å². The molecule has 0 saturated heterocycles. The minimum absolute atomic E-state index is 0.574. The van der Waals surface area contributed by atoms with E-state index in [0.717, 1.165) is 23.3 Å². The van der Waals surface area contributed by atoms with Crippen LogP contribution in [0.15, 0.2) is 30.4 Å². The van der Waals surface area contributed by atoms with E-state index in [0.29, 0.717) is 11.1 Å². The summed E-state index contributed by atoms with van der Waals surface area (Å²) in [6.07, 6.45) is 7.17. The zero-order chi connectivity index (χ0) is 11.8. The van der Waals surface area contributed by atoms with Crippen LogP contribution in [0.4, 0.5) is 5.69 Å². The number of hydrogen-bond donors (Lipinski definition) is 1. The van der Waals surface area contributed by atoms with Crippen molar-refractivity contribution in [3.05, 3.63) is 35.4 Å². The van der Waals surface area contributed by atoms with Crippen molar-refractivity contribution < 1.29 is 4.74 Å². The molecule has 1 aromatic carbocycles. The summed E-state index contributed by atoms with van der Waals surface area (Å²) in [6.45, 7) is 0. The molecule has 0 heterocycles. The maximum Gasteiger partial charge on any atom is 0.139 e. The van der Waals surface area contributed by atoms with Crippen LogP contribution in [0, 0.1) is 11.8 Å². The van der Waals surface area contributed by atoms with Gasteiger partial charge in [0.05, 0.1) is 12.1 Å². The monoisotopic (exact) mass is 249 g/mol. The van der Waals surface area contributed by atoms with E-state index < -0.39 is 0 Å². The van der Waals surface area contributed by atoms with Gasteiger partial charge in [-0.2, -0.15) is 0 Å². The first-order valence-electron chi connectivity index (χ1n) is 6.04. The molecule has 0 aromatic heterocycles. The van der Waals surface area contributed by atoms with Crippen LogP contribution in [0.3, 0.4) is 0 Å². The Labute approximate surface area is 107 Å². The van der Waals surface area contributed by atoms with Crippen molar-refractivity contribution in [2.24, 2.45) is 11.8 Å². The van der Waals surface area contributed by atoms with Gasteiger partial charge in [0.1, 0.15) is 5.75 Å². The lowest BCUT2D eigenvalue weighted by Gasteiger charge is -2.41. The topological polar surface area (TPSA) is 21.3 Å². The van der Waals surface area contributed by atoms with Gasteiger partial charge in [-0.15, -0.1) is 0 Å². The van der Waals surface area contributed by atoms with E-state index in [1.54, 1.807) is 7.11 Å². The number of halogens is 1. The van der Waals surface area contributed by atoms with E-state index in [-0.39, 0.29) is 0 Å². The molecule has 1 saturated carbocycles. The predicted octanol–water partition coefficient (Wildman–Crippen LogP) is 3.73. The molecule has 1 aromatic rings. The van der Waals surface area contributed by atoms with Crippen molar-refractivity contribution in [2.45, 2.75) is 18.9 Å². The Hall–Kier alpha value is -1.15. The molecule has 1 fully saturated rings. The lowest BCUT2D eigenvalue weighted by atomic mass is 9.71. The highest BCUT2D eigenvalue weighted by atomic mass is 35.5. The minimum atomic E-state index is 0.574. The number of nitrogens with one attached hydrogen (secondary N) is 1. The van der Waals surface area contributed by atoms with Crippen molar-refractivity contribution in [3.8, 4) is 5.75 Å². The van der Waals surface area contributed by atoms with Crippen LogP contribution in [-0.4, -0.2) is 13.2 Å². The summed E-state index contributed by atoms with van der Waals surface area (Å²) < 4.78 is 5.22. The smallest absolute Gasteiger partial charge is 0.139 e. The van der Waals surface area contributed by atoms with Crippen LogP contribution in [0.2, 0.25) is 5.02 Å². The number of rotatable bonds is 3. The van der Waals surface area contributed by atoms with E-state index in [2.05, 4.69) is 17.5 Å². The Kier molecular flexibility index (Phi) is 2.75. The standard InChI is InChI=1S/C14H16ClNO/c1-17-14-8-10(5-6-12(14)15)16-13-7-9-3-2-4-11(9)13/h2,4-6,8-9,11,13,16H,3,7H2,1H3. The molecule has 90 valence electrons. The largest absolute Gasteiger partial charge is 0.495 e. The molecule has 0 radical (unpaired) electrons. The molecule has 0 bridgehead atoms. The second-order valence-electron chi connectivity index (χ2n) is 4.84. The van der Waals surface area contributed by atoms with Crippen molar-refractivity contribution in [1.29, 1.82) is 0 Å². The van der Waals surface area contributed by atoms with Gasteiger partial charge in [0.15, 0.2) is 0 Å². The Balaban J connectivity index is 1.71. The molecule has 3 unspecified atom stereocenters. The normalized spacial score (nSPS) is 29.6. The fourth-order valence-corrected chi connectivity index (χ4v) is 3.04. The van der Waals surface area contributed by atoms with Gasteiger partial charge < -0.3 is 10.1 Å². The Morgan fingerprint density at radius 2 is 2.29 bits per heavy atom. The SMILES string of the molecule is COc1cc(NC2CC3CC=CC32)ccc1Cl. The van der Waals surface area contributed by atoms with Crippen LogP contribution in [0.5, 0.6) is 5.75 Å². The number of ether oxygens (including phenoxy) is 1. The van der Waals surface area contributed by atoms with Gasteiger partial charge in [-0.05, 0) is 30.9 Å². The quantitative estimate of drug-likeness (QED) is 0.825. The molecule has 3 rings (SSSR count). The lowest BCUT2D eigenvalue weighted by molar-refractivity contribution is 0.218. The van der Waals surface area contributed by atoms with E-state index >= 15 is 0 Å². The number of anilines is 1. The first kappa shape index (κ1) is 11.0. The molecule has 2 aliphatic carbocycles. The van der Waals surface area contributed by atoms with Gasteiger partial charge in [-0.3, -0.25) is 0 Å². The Morgan fingerprint density at radius 3 is 3.06 bits per heavy atom. The maximum atomic E-state index is 6.01. The highest BCUT2D eigenvalue weighted by molar-refractivity contribution is 6.32. The molecule has 0 spiro atoms. The minimum Gasteiger partial charge on any atom is -0.495 e. The van der Waals surface area contributed by atoms with E-state index in [9.17, 15) is 0 Å². The second-order valence-corrected chi connectivity index (χ2v) is 5.24. The number of allylic oxidation sites excluding steroid dienone is 1. The summed E-state index contributed by atoms with van der Waals surface area (Å²) in [6, 6.07) is 6.43. The molecular weight excluding hydrogens is 234 g/mol. The molecule has 2 nitrogen and oxygen atoms in total. The molecule has 0 aliphatic heterocycles. The third-order valence-corrected chi connectivity index (χ3v) is 4.18. The average molecular weight is 250 g/mol. The maximum absolute atomic E-state index is 6.01. The fourth-order valence-electron chi connectivity index (χ4n) is 2.85. The van der Waals surface area contributed by atoms with Crippen LogP contribution in [0.25, 0.3) is 0 Å². The van der Waals surface area contributed by atoms with Crippen LogP contribution < -0.4 is 10.1 Å². The molecule has 17 heavy (non-hydrogen) atoms. The van der Waals surface area contributed by atoms with E-state index in [4.69, 9.17) is 16.3 Å². The fraction of sp³-hybridized carbons (Fsp3) is 0.429. The van der Waals surface area contributed by atoms with Gasteiger partial charge >= 0.3 is 0 Å². The first-order valence-corrected chi connectivity index (χ1v) is 6.42. The number of fused-ring (bicyclic) bond motifs is 1. The Morgan fingerprint density at radius 1 is 1.41 bits per heavy atom. The van der Waals surface area contributed by atoms with Crippen molar-refractivity contribution >= 4 is 17.3 Å². The summed E-state index contributed by atoms with van der Waals surface area (Å²) in [5.74, 6) is 2.33. The summed E-state index contributed by atoms with van der Waals surface area (Å²) in [4.78, 5) is 0. The second kappa shape index (κ2) is 4.26. The van der Waals surface area contributed by atoms with Gasteiger partial charge in [0, 0.05) is 23.7 Å². The van der Waals surface area contributed by atoms with Gasteiger partial charge in [-0.25, -0.2) is 0 Å². The highest BCUT2D eigenvalue weighted by Crippen LogP contribution is 2.44. The number of hydrogen-bond acceptors (Lipinski definition) is 2. The van der Waals surface area contributed by atoms with E-state index in [1.165, 1.54) is 12.8 Å². The zero-order valence-corrected chi connectivity index (χ0v) is 10.6. The van der Waals surface area contributed by atoms with Crippen molar-refractivity contribution in [1.82, 2.24) is 0 Å². The van der Waals surface area contributed by atoms with Crippen LogP contribution in [-0.2, 0) is 0 Å². The van der Waals surface area contributed by atoms with Crippen molar-refractivity contribution in [3.63, 3.8) is 0 Å². The van der Waals surface area contributed by atoms with Crippen LogP contribution >= 0.6 is 11.6 Å². The van der Waals surface area contributed by atoms with Gasteiger partial charge in [0.2, 0.25) is 0 Å². The number of methoxy groups -OCH3 is 1. The Bertz CT molecular complexity index is 458. The third kappa shape index (κ3) is 1.91. The van der Waals surface area contributed by atoms with Crippen LogP contribution in [0.1, 0.15) is 12.8 Å². The molecule has 0 amide bonds. The summed E-state index contributed by atoms with van der Waals surface area (Å²) >= 11 is 6.01. The first-order chi connectivity index (χ1) is 8.28. The summed E-state index contributed by atoms with van der Waals surface area (Å²) in [7, 11) is 1.64. The van der Waals surface area contributed by atoms with Gasteiger partial charge in [-0.1, -0.05) is 23.8 Å². The third-order valence-electron chi connectivity index (χ3n) is 3.87. The summed E-state index contributed by atoms with van der Waals surface area (Å²) in [5, 5.41) is 4.22. The molecular formula is C14H16ClNO. The predicted molar refractivity (Wildman–Crippen MR) is 70.8 cm³/mol. The summed E-state index contributed by atoms with van der Waals surface area (Å²) in [5.41, 5.74) is 1.09. The zero-order valence-electron chi connectivity index (χ0n) is 9.82. The van der Waals surface area contributed by atoms with Gasteiger partial charge in [0.25, 0.3) is 0 Å². The molecule has 3 heteroatoms. The molecule has 1 N–H and O–H groups in total. The number of benzene rings is 1. The highest BCUT2D eigenvalue weighted by Gasteiger charge is 2.40. The van der Waals surface area contributed by atoms with Crippen molar-refractivity contribution in [2.75, 3.05) is 12.4 Å². The average Bonchev–Trinajstić information content (AvgIpc) is 2.69. The molecule has 2 aliphatic rings.